The van der Waals surface area contributed by atoms with Crippen molar-refractivity contribution < 1.29 is 9.53 Å². The number of hydrogen-bond acceptors (Lipinski definition) is 5. The van der Waals surface area contributed by atoms with Crippen molar-refractivity contribution in [3.8, 4) is 0 Å². The number of pyridine rings is 1. The van der Waals surface area contributed by atoms with Gasteiger partial charge in [0, 0.05) is 12.2 Å². The number of carbonyl (C=O) groups is 1. The third kappa shape index (κ3) is 3.32. The lowest BCUT2D eigenvalue weighted by molar-refractivity contribution is 0.00742. The number of nitrogens with zero attached hydrogens (tertiary/aromatic N) is 2. The van der Waals surface area contributed by atoms with Crippen molar-refractivity contribution in [3.05, 3.63) is 49.0 Å². The van der Waals surface area contributed by atoms with Crippen molar-refractivity contribution in [2.24, 2.45) is 0 Å². The molecule has 27 heavy (non-hydrogen) atoms. The fraction of sp³-hybridized carbons (Fsp3) is 0.450. The number of ether oxygens (including phenoxy) is 1. The molecule has 3 aromatic rings. The summed E-state index contributed by atoms with van der Waals surface area (Å²) in [7, 11) is 0. The molecule has 0 saturated heterocycles. The number of hydrogen-bond donors (Lipinski definition) is 0. The van der Waals surface area contributed by atoms with E-state index in [4.69, 9.17) is 4.74 Å². The molecule has 0 N–H and O–H groups in total. The molecule has 144 valence electrons. The van der Waals surface area contributed by atoms with Gasteiger partial charge in [-0.05, 0) is 58.7 Å². The largest absolute Gasteiger partial charge is 0.456 e. The van der Waals surface area contributed by atoms with Crippen molar-refractivity contribution in [1.29, 1.82) is 0 Å². The minimum absolute atomic E-state index is 0.287. The fourth-order valence-corrected chi connectivity index (χ4v) is 4.34. The lowest BCUT2D eigenvalue weighted by Gasteiger charge is -2.19. The Balaban J connectivity index is 2.52. The van der Waals surface area contributed by atoms with Crippen LogP contribution in [0.2, 0.25) is 0 Å². The number of esters is 1. The number of carbonyl (C=O) groups excluding carboxylic acids is 1. The van der Waals surface area contributed by atoms with Crippen LogP contribution in [-0.4, -0.2) is 20.5 Å². The van der Waals surface area contributed by atoms with Gasteiger partial charge >= 0.3 is 10.8 Å². The van der Waals surface area contributed by atoms with Crippen molar-refractivity contribution in [1.82, 2.24) is 8.97 Å². The van der Waals surface area contributed by atoms with E-state index < -0.39 is 11.6 Å². The van der Waals surface area contributed by atoms with E-state index in [0.29, 0.717) is 28.7 Å². The molecule has 0 aromatic carbocycles. The molecule has 0 aliphatic carbocycles. The van der Waals surface area contributed by atoms with Crippen molar-refractivity contribution in [2.75, 3.05) is 0 Å². The van der Waals surface area contributed by atoms with Gasteiger partial charge < -0.3 is 9.14 Å². The van der Waals surface area contributed by atoms with Crippen LogP contribution in [0.1, 0.15) is 55.7 Å². The van der Waals surface area contributed by atoms with Crippen LogP contribution in [0.25, 0.3) is 15.7 Å². The van der Waals surface area contributed by atoms with E-state index in [1.807, 2.05) is 32.9 Å². The van der Waals surface area contributed by atoms with Crippen LogP contribution < -0.4 is 10.4 Å². The summed E-state index contributed by atoms with van der Waals surface area (Å²) in [6.45, 7) is 11.5. The molecular formula is C20H24N2O4S. The summed E-state index contributed by atoms with van der Waals surface area (Å²) in [6.07, 6.45) is 0.674. The maximum Gasteiger partial charge on any atom is 0.342 e. The zero-order chi connectivity index (χ0) is 20.1. The van der Waals surface area contributed by atoms with Gasteiger partial charge in [0.05, 0.1) is 10.2 Å². The topological polar surface area (TPSA) is 69.8 Å². The second kappa shape index (κ2) is 6.64. The second-order valence-electron chi connectivity index (χ2n) is 7.77. The molecule has 0 fully saturated rings. The lowest BCUT2D eigenvalue weighted by Crippen LogP contribution is -2.31. The lowest BCUT2D eigenvalue weighted by atomic mass is 10.1. The summed E-state index contributed by atoms with van der Waals surface area (Å²) >= 11 is 0.929. The SMILES string of the molecule is CCCn1c(=O)sc2c(C(=O)OC(C)(C)C)c3cc(C)cc(C)n3c2c1=O. The van der Waals surface area contributed by atoms with Gasteiger partial charge in [-0.1, -0.05) is 18.3 Å². The van der Waals surface area contributed by atoms with Gasteiger partial charge in [0.2, 0.25) is 0 Å². The van der Waals surface area contributed by atoms with Crippen LogP contribution in [0.3, 0.4) is 0 Å². The zero-order valence-electron chi connectivity index (χ0n) is 16.5. The molecule has 0 spiro atoms. The highest BCUT2D eigenvalue weighted by Gasteiger charge is 2.27. The Hall–Kier alpha value is -2.41. The fourth-order valence-electron chi connectivity index (χ4n) is 3.31. The Morgan fingerprint density at radius 3 is 2.44 bits per heavy atom. The molecule has 0 unspecified atom stereocenters. The minimum Gasteiger partial charge on any atom is -0.456 e. The van der Waals surface area contributed by atoms with Gasteiger partial charge in [0.15, 0.2) is 0 Å². The maximum atomic E-state index is 13.1. The van der Waals surface area contributed by atoms with E-state index in [1.54, 1.807) is 25.2 Å². The number of rotatable bonds is 3. The molecule has 3 aromatic heterocycles. The zero-order valence-corrected chi connectivity index (χ0v) is 17.3. The number of fused-ring (bicyclic) bond motifs is 3. The normalized spacial score (nSPS) is 12.1. The molecule has 0 aliphatic rings. The van der Waals surface area contributed by atoms with Crippen molar-refractivity contribution in [3.63, 3.8) is 0 Å². The summed E-state index contributed by atoms with van der Waals surface area (Å²) in [5.41, 5.74) is 1.99. The van der Waals surface area contributed by atoms with Crippen molar-refractivity contribution in [2.45, 2.75) is 60.1 Å². The standard InChI is InChI=1S/C20H24N2O4S/c1-7-8-21-17(23)15-16(27-19(21)25)14(18(24)26-20(4,5)6)13-10-11(2)9-12(3)22(13)15/h9-10H,7-8H2,1-6H3. The first kappa shape index (κ1) is 19.4. The van der Waals surface area contributed by atoms with Gasteiger partial charge in [-0.3, -0.25) is 14.2 Å². The van der Waals surface area contributed by atoms with Gasteiger partial charge in [-0.15, -0.1) is 0 Å². The highest BCUT2D eigenvalue weighted by molar-refractivity contribution is 7.16. The van der Waals surface area contributed by atoms with E-state index >= 15 is 0 Å². The highest BCUT2D eigenvalue weighted by atomic mass is 32.1. The summed E-state index contributed by atoms with van der Waals surface area (Å²) in [6, 6.07) is 3.80. The van der Waals surface area contributed by atoms with E-state index in [-0.39, 0.29) is 16.0 Å². The van der Waals surface area contributed by atoms with E-state index in [9.17, 15) is 14.4 Å². The molecule has 0 amide bonds. The van der Waals surface area contributed by atoms with Crippen LogP contribution in [0, 0.1) is 13.8 Å². The van der Waals surface area contributed by atoms with Gasteiger partial charge in [-0.25, -0.2) is 4.79 Å². The first-order valence-electron chi connectivity index (χ1n) is 8.97. The van der Waals surface area contributed by atoms with Crippen LogP contribution in [-0.2, 0) is 11.3 Å². The molecule has 0 aliphatic heterocycles. The van der Waals surface area contributed by atoms with E-state index in [1.165, 1.54) is 4.57 Å². The Labute approximate surface area is 161 Å². The Bertz CT molecular complexity index is 1180. The average Bonchev–Trinajstić information content (AvgIpc) is 2.83. The number of aromatic nitrogens is 2. The molecule has 3 heterocycles. The average molecular weight is 388 g/mol. The summed E-state index contributed by atoms with van der Waals surface area (Å²) in [5, 5.41) is 0. The summed E-state index contributed by atoms with van der Waals surface area (Å²) in [4.78, 5) is 38.3. The van der Waals surface area contributed by atoms with Crippen LogP contribution in [0.5, 0.6) is 0 Å². The Kier molecular flexibility index (Phi) is 4.76. The molecule has 3 rings (SSSR count). The Morgan fingerprint density at radius 1 is 1.19 bits per heavy atom. The summed E-state index contributed by atoms with van der Waals surface area (Å²) in [5.74, 6) is -0.525. The molecule has 0 atom stereocenters. The second-order valence-corrected chi connectivity index (χ2v) is 8.74. The maximum absolute atomic E-state index is 13.1. The van der Waals surface area contributed by atoms with E-state index in [0.717, 1.165) is 22.6 Å². The third-order valence-corrected chi connectivity index (χ3v) is 5.22. The first-order valence-corrected chi connectivity index (χ1v) is 9.79. The van der Waals surface area contributed by atoms with Gasteiger partial charge in [-0.2, -0.15) is 0 Å². The number of aryl methyl sites for hydroxylation is 2. The van der Waals surface area contributed by atoms with Gasteiger partial charge in [0.25, 0.3) is 5.56 Å². The van der Waals surface area contributed by atoms with Crippen molar-refractivity contribution >= 4 is 33.0 Å². The van der Waals surface area contributed by atoms with Crippen LogP contribution in [0.4, 0.5) is 0 Å². The van der Waals surface area contributed by atoms with Crippen LogP contribution >= 0.6 is 11.3 Å². The van der Waals surface area contributed by atoms with Crippen LogP contribution in [0.15, 0.2) is 21.7 Å². The Morgan fingerprint density at radius 2 is 1.85 bits per heavy atom. The predicted molar refractivity (Wildman–Crippen MR) is 108 cm³/mol. The first-order chi connectivity index (χ1) is 12.5. The molecular weight excluding hydrogens is 364 g/mol. The molecule has 7 heteroatoms. The summed E-state index contributed by atoms with van der Waals surface area (Å²) < 4.78 is 8.99. The molecule has 0 bridgehead atoms. The monoisotopic (exact) mass is 388 g/mol. The van der Waals surface area contributed by atoms with Gasteiger partial charge in [0.1, 0.15) is 16.7 Å². The third-order valence-electron chi connectivity index (χ3n) is 4.22. The molecule has 0 radical (unpaired) electrons. The smallest absolute Gasteiger partial charge is 0.342 e. The van der Waals surface area contributed by atoms with E-state index in [2.05, 4.69) is 0 Å². The molecule has 0 saturated carbocycles. The quantitative estimate of drug-likeness (QED) is 0.642. The minimum atomic E-state index is -0.682. The highest BCUT2D eigenvalue weighted by Crippen LogP contribution is 2.30. The molecule has 6 nitrogen and oxygen atoms in total. The predicted octanol–water partition coefficient (Wildman–Crippen LogP) is 3.66.